The first-order chi connectivity index (χ1) is 10.2. The van der Waals surface area contributed by atoms with E-state index in [0.29, 0.717) is 6.04 Å². The van der Waals surface area contributed by atoms with Crippen LogP contribution in [-0.4, -0.2) is 40.6 Å². The van der Waals surface area contributed by atoms with Crippen LogP contribution in [0.4, 0.5) is 4.39 Å². The van der Waals surface area contributed by atoms with Gasteiger partial charge >= 0.3 is 0 Å². The topological polar surface area (TPSA) is 33.1 Å². The number of hydrogen-bond acceptors (Lipinski definition) is 3. The molecule has 0 spiro atoms. The molecular formula is C16H21FN4. The van der Waals surface area contributed by atoms with Crippen LogP contribution in [0.2, 0.25) is 0 Å². The third-order valence-electron chi connectivity index (χ3n) is 4.66. The second kappa shape index (κ2) is 5.07. The molecule has 0 radical (unpaired) electrons. The molecule has 112 valence electrons. The van der Waals surface area contributed by atoms with Crippen molar-refractivity contribution >= 4 is 11.0 Å². The number of nitrogens with zero attached hydrogens (tertiary/aromatic N) is 3. The first-order valence-electron chi connectivity index (χ1n) is 7.86. The van der Waals surface area contributed by atoms with Gasteiger partial charge in [0.15, 0.2) is 0 Å². The van der Waals surface area contributed by atoms with Crippen LogP contribution in [0, 0.1) is 5.82 Å². The fraction of sp³-hybridized carbons (Fsp3) is 0.562. The van der Waals surface area contributed by atoms with Gasteiger partial charge in [-0.15, -0.1) is 0 Å². The molecule has 1 N–H and O–H groups in total. The first kappa shape index (κ1) is 13.2. The van der Waals surface area contributed by atoms with Crippen LogP contribution in [0.1, 0.15) is 37.7 Å². The minimum atomic E-state index is -0.175. The van der Waals surface area contributed by atoms with Gasteiger partial charge in [0.2, 0.25) is 0 Å². The van der Waals surface area contributed by atoms with E-state index in [2.05, 4.69) is 21.7 Å². The molecule has 0 bridgehead atoms. The maximum atomic E-state index is 13.6. The van der Waals surface area contributed by atoms with Gasteiger partial charge < -0.3 is 9.88 Å². The monoisotopic (exact) mass is 288 g/mol. The molecule has 1 saturated heterocycles. The number of fused-ring (bicyclic) bond motifs is 1. The Morgan fingerprint density at radius 3 is 2.76 bits per heavy atom. The highest BCUT2D eigenvalue weighted by molar-refractivity contribution is 5.76. The van der Waals surface area contributed by atoms with Crippen molar-refractivity contribution in [2.75, 3.05) is 26.2 Å². The van der Waals surface area contributed by atoms with Gasteiger partial charge in [-0.25, -0.2) is 9.37 Å². The summed E-state index contributed by atoms with van der Waals surface area (Å²) < 4.78 is 15.9. The van der Waals surface area contributed by atoms with E-state index < -0.39 is 0 Å². The van der Waals surface area contributed by atoms with Crippen molar-refractivity contribution in [2.24, 2.45) is 0 Å². The molecule has 2 aliphatic rings. The Morgan fingerprint density at radius 1 is 1.29 bits per heavy atom. The summed E-state index contributed by atoms with van der Waals surface area (Å²) >= 11 is 0. The van der Waals surface area contributed by atoms with E-state index in [-0.39, 0.29) is 11.9 Å². The predicted molar refractivity (Wildman–Crippen MR) is 80.8 cm³/mol. The molecule has 4 nitrogen and oxygen atoms in total. The Bertz CT molecular complexity index is 656. The number of imidazole rings is 1. The van der Waals surface area contributed by atoms with E-state index in [1.807, 2.05) is 0 Å². The molecular weight excluding hydrogens is 267 g/mol. The van der Waals surface area contributed by atoms with Crippen molar-refractivity contribution in [3.63, 3.8) is 0 Å². The molecule has 2 aromatic rings. The summed E-state index contributed by atoms with van der Waals surface area (Å²) in [4.78, 5) is 7.29. The summed E-state index contributed by atoms with van der Waals surface area (Å²) in [5, 5.41) is 3.39. The van der Waals surface area contributed by atoms with Crippen molar-refractivity contribution < 1.29 is 4.39 Å². The van der Waals surface area contributed by atoms with Crippen molar-refractivity contribution in [2.45, 2.75) is 31.8 Å². The highest BCUT2D eigenvalue weighted by Crippen LogP contribution is 2.40. The molecule has 1 saturated carbocycles. The molecule has 4 rings (SSSR count). The third kappa shape index (κ3) is 2.34. The van der Waals surface area contributed by atoms with Gasteiger partial charge in [0, 0.05) is 32.2 Å². The van der Waals surface area contributed by atoms with Gasteiger partial charge in [-0.05, 0) is 38.0 Å². The lowest BCUT2D eigenvalue weighted by atomic mass is 10.2. The van der Waals surface area contributed by atoms with E-state index >= 15 is 0 Å². The van der Waals surface area contributed by atoms with Gasteiger partial charge in [-0.1, -0.05) is 0 Å². The van der Waals surface area contributed by atoms with Crippen LogP contribution in [0.3, 0.4) is 0 Å². The fourth-order valence-corrected chi connectivity index (χ4v) is 3.33. The van der Waals surface area contributed by atoms with Crippen molar-refractivity contribution in [3.05, 3.63) is 29.8 Å². The van der Waals surface area contributed by atoms with Crippen LogP contribution < -0.4 is 5.32 Å². The average molecular weight is 288 g/mol. The van der Waals surface area contributed by atoms with E-state index in [0.717, 1.165) is 43.0 Å². The lowest BCUT2D eigenvalue weighted by Crippen LogP contribution is -2.45. The van der Waals surface area contributed by atoms with Gasteiger partial charge in [0.25, 0.3) is 0 Å². The molecule has 1 unspecified atom stereocenters. The second-order valence-corrected chi connectivity index (χ2v) is 6.17. The minimum absolute atomic E-state index is 0.175. The zero-order valence-corrected chi connectivity index (χ0v) is 12.3. The van der Waals surface area contributed by atoms with Crippen LogP contribution in [0.5, 0.6) is 0 Å². The Labute approximate surface area is 123 Å². The lowest BCUT2D eigenvalue weighted by Gasteiger charge is -2.32. The number of aromatic nitrogens is 2. The Balaban J connectivity index is 1.78. The van der Waals surface area contributed by atoms with Gasteiger partial charge in [-0.3, -0.25) is 4.90 Å². The summed E-state index contributed by atoms with van der Waals surface area (Å²) in [6, 6.07) is 5.73. The van der Waals surface area contributed by atoms with Crippen molar-refractivity contribution in [1.29, 1.82) is 0 Å². The fourth-order valence-electron chi connectivity index (χ4n) is 3.33. The number of piperazine rings is 1. The number of halogens is 1. The highest BCUT2D eigenvalue weighted by atomic mass is 19.1. The smallest absolute Gasteiger partial charge is 0.127 e. The average Bonchev–Trinajstić information content (AvgIpc) is 3.28. The standard InChI is InChI=1S/C16H21FN4/c1-11(20-8-6-18-7-9-20)16-19-14-5-2-12(17)10-15(14)21(16)13-3-4-13/h2,5,10-11,13,18H,3-4,6-9H2,1H3. The van der Waals surface area contributed by atoms with Gasteiger partial charge in [-0.2, -0.15) is 0 Å². The number of nitrogens with one attached hydrogen (secondary N) is 1. The zero-order chi connectivity index (χ0) is 14.4. The first-order valence-corrected chi connectivity index (χ1v) is 7.86. The summed E-state index contributed by atoms with van der Waals surface area (Å²) in [6.07, 6.45) is 2.37. The minimum Gasteiger partial charge on any atom is -0.323 e. The maximum Gasteiger partial charge on any atom is 0.127 e. The SMILES string of the molecule is CC(c1nc2ccc(F)cc2n1C1CC1)N1CCNCC1. The van der Waals surface area contributed by atoms with E-state index in [1.54, 1.807) is 12.1 Å². The molecule has 5 heteroatoms. The third-order valence-corrected chi connectivity index (χ3v) is 4.66. The molecule has 1 aromatic heterocycles. The molecule has 1 atom stereocenters. The highest BCUT2D eigenvalue weighted by Gasteiger charge is 2.31. The largest absolute Gasteiger partial charge is 0.323 e. The Kier molecular flexibility index (Phi) is 3.19. The van der Waals surface area contributed by atoms with Crippen LogP contribution in [0.15, 0.2) is 18.2 Å². The quantitative estimate of drug-likeness (QED) is 0.942. The number of rotatable bonds is 3. The normalized spacial score (nSPS) is 21.8. The molecule has 2 fully saturated rings. The second-order valence-electron chi connectivity index (χ2n) is 6.17. The van der Waals surface area contributed by atoms with Crippen molar-refractivity contribution in [3.8, 4) is 0 Å². The Morgan fingerprint density at radius 2 is 2.05 bits per heavy atom. The maximum absolute atomic E-state index is 13.6. The summed E-state index contributed by atoms with van der Waals surface area (Å²) in [7, 11) is 0. The van der Waals surface area contributed by atoms with Crippen LogP contribution in [0.25, 0.3) is 11.0 Å². The molecule has 1 aliphatic heterocycles. The van der Waals surface area contributed by atoms with Crippen molar-refractivity contribution in [1.82, 2.24) is 19.8 Å². The van der Waals surface area contributed by atoms with Gasteiger partial charge in [0.05, 0.1) is 17.1 Å². The van der Waals surface area contributed by atoms with Gasteiger partial charge in [0.1, 0.15) is 11.6 Å². The lowest BCUT2D eigenvalue weighted by molar-refractivity contribution is 0.176. The summed E-state index contributed by atoms with van der Waals surface area (Å²) in [6.45, 7) is 6.37. The van der Waals surface area contributed by atoms with Crippen LogP contribution in [-0.2, 0) is 0 Å². The Hall–Kier alpha value is -1.46. The van der Waals surface area contributed by atoms with E-state index in [9.17, 15) is 4.39 Å². The zero-order valence-electron chi connectivity index (χ0n) is 12.3. The van der Waals surface area contributed by atoms with E-state index in [4.69, 9.17) is 4.98 Å². The summed E-state index contributed by atoms with van der Waals surface area (Å²) in [5.41, 5.74) is 1.87. The molecule has 1 aromatic carbocycles. The summed E-state index contributed by atoms with van der Waals surface area (Å²) in [5.74, 6) is 0.922. The molecule has 0 amide bonds. The van der Waals surface area contributed by atoms with Crippen LogP contribution >= 0.6 is 0 Å². The molecule has 21 heavy (non-hydrogen) atoms. The predicted octanol–water partition coefficient (Wildman–Crippen LogP) is 2.48. The number of hydrogen-bond donors (Lipinski definition) is 1. The molecule has 2 heterocycles. The van der Waals surface area contributed by atoms with E-state index in [1.165, 1.54) is 18.9 Å². The number of benzene rings is 1. The molecule has 1 aliphatic carbocycles.